The average molecular weight is 229 g/mol. The second-order valence-corrected chi connectivity index (χ2v) is 5.73. The Morgan fingerprint density at radius 2 is 2.24 bits per heavy atom. The molecule has 1 aromatic rings. The maximum atomic E-state index is 12.2. The van der Waals surface area contributed by atoms with Crippen LogP contribution in [0.3, 0.4) is 0 Å². The van der Waals surface area contributed by atoms with Crippen molar-refractivity contribution in [1.82, 2.24) is 4.98 Å². The molecular formula is C15H19NO. The number of hydrogen-bond donors (Lipinski definition) is 0. The van der Waals surface area contributed by atoms with Gasteiger partial charge in [0.25, 0.3) is 0 Å². The molecule has 3 rings (SSSR count). The van der Waals surface area contributed by atoms with Crippen LogP contribution >= 0.6 is 0 Å². The summed E-state index contributed by atoms with van der Waals surface area (Å²) < 4.78 is 0. The number of ketones is 1. The lowest BCUT2D eigenvalue weighted by atomic mass is 9.85. The highest BCUT2D eigenvalue weighted by atomic mass is 16.1. The Kier molecular flexibility index (Phi) is 2.73. The number of fused-ring (bicyclic) bond motifs is 2. The van der Waals surface area contributed by atoms with Crippen molar-refractivity contribution >= 4 is 5.78 Å². The lowest BCUT2D eigenvalue weighted by Gasteiger charge is -2.20. The minimum absolute atomic E-state index is 0.242. The molecule has 2 fully saturated rings. The smallest absolute Gasteiger partial charge is 0.181 e. The van der Waals surface area contributed by atoms with Crippen molar-refractivity contribution in [3.63, 3.8) is 0 Å². The van der Waals surface area contributed by atoms with Crippen LogP contribution in [0.2, 0.25) is 0 Å². The Bertz CT molecular complexity index is 440. The summed E-state index contributed by atoms with van der Waals surface area (Å²) in [4.78, 5) is 16.5. The van der Waals surface area contributed by atoms with E-state index < -0.39 is 0 Å². The first-order chi connectivity index (χ1) is 8.22. The molecule has 2 bridgehead atoms. The molecule has 90 valence electrons. The van der Waals surface area contributed by atoms with Gasteiger partial charge in [-0.1, -0.05) is 12.5 Å². The minimum Gasteiger partial charge on any atom is -0.292 e. The lowest BCUT2D eigenvalue weighted by molar-refractivity contribution is 0.0939. The first kappa shape index (κ1) is 10.9. The first-order valence-corrected chi connectivity index (χ1v) is 6.69. The van der Waals surface area contributed by atoms with Crippen molar-refractivity contribution in [3.8, 4) is 0 Å². The molecule has 2 nitrogen and oxygen atoms in total. The van der Waals surface area contributed by atoms with Crippen LogP contribution in [0.15, 0.2) is 18.2 Å². The van der Waals surface area contributed by atoms with E-state index in [-0.39, 0.29) is 5.78 Å². The zero-order valence-electron chi connectivity index (χ0n) is 10.4. The number of aryl methyl sites for hydroxylation is 1. The predicted molar refractivity (Wildman–Crippen MR) is 66.9 cm³/mol. The van der Waals surface area contributed by atoms with Gasteiger partial charge in [-0.2, -0.15) is 0 Å². The molecule has 2 heteroatoms. The van der Waals surface area contributed by atoms with Crippen molar-refractivity contribution in [1.29, 1.82) is 0 Å². The SMILES string of the molecule is Cc1cccc(C(=O)CC2CC3CCC2C3)n1. The van der Waals surface area contributed by atoms with E-state index in [1.807, 2.05) is 25.1 Å². The molecule has 0 radical (unpaired) electrons. The minimum atomic E-state index is 0.242. The quantitative estimate of drug-likeness (QED) is 0.743. The van der Waals surface area contributed by atoms with Gasteiger partial charge in [0.15, 0.2) is 5.78 Å². The summed E-state index contributed by atoms with van der Waals surface area (Å²) in [6.45, 7) is 1.94. The van der Waals surface area contributed by atoms with Gasteiger partial charge < -0.3 is 0 Å². The zero-order valence-corrected chi connectivity index (χ0v) is 10.4. The summed E-state index contributed by atoms with van der Waals surface area (Å²) in [6, 6.07) is 5.72. The Morgan fingerprint density at radius 3 is 2.88 bits per heavy atom. The molecule has 2 aliphatic carbocycles. The molecule has 3 unspecified atom stereocenters. The standard InChI is InChI=1S/C15H19NO/c1-10-3-2-4-14(16-10)15(17)9-13-8-11-5-6-12(13)7-11/h2-4,11-13H,5-9H2,1H3. The van der Waals surface area contributed by atoms with E-state index in [1.165, 1.54) is 25.7 Å². The highest BCUT2D eigenvalue weighted by Crippen LogP contribution is 2.49. The molecule has 0 saturated heterocycles. The second-order valence-electron chi connectivity index (χ2n) is 5.73. The molecule has 1 heterocycles. The van der Waals surface area contributed by atoms with Crippen molar-refractivity contribution in [2.24, 2.45) is 17.8 Å². The highest BCUT2D eigenvalue weighted by molar-refractivity contribution is 5.94. The van der Waals surface area contributed by atoms with Gasteiger partial charge in [-0.05, 0) is 56.1 Å². The van der Waals surface area contributed by atoms with E-state index in [1.54, 1.807) is 0 Å². The van der Waals surface area contributed by atoms with Crippen LogP contribution in [0.4, 0.5) is 0 Å². The fourth-order valence-electron chi connectivity index (χ4n) is 3.67. The summed E-state index contributed by atoms with van der Waals surface area (Å²) in [5, 5.41) is 0. The third-order valence-electron chi connectivity index (χ3n) is 4.51. The molecule has 0 amide bonds. The van der Waals surface area contributed by atoms with E-state index in [2.05, 4.69) is 4.98 Å². The molecular weight excluding hydrogens is 210 g/mol. The second kappa shape index (κ2) is 4.25. The summed E-state index contributed by atoms with van der Waals surface area (Å²) in [5.41, 5.74) is 1.59. The molecule has 0 aromatic carbocycles. The molecule has 0 spiro atoms. The van der Waals surface area contributed by atoms with Gasteiger partial charge in [0.05, 0.1) is 0 Å². The van der Waals surface area contributed by atoms with Gasteiger partial charge in [0.1, 0.15) is 5.69 Å². The normalized spacial score (nSPS) is 30.8. The number of carbonyl (C=O) groups is 1. The fourth-order valence-corrected chi connectivity index (χ4v) is 3.67. The Labute approximate surface area is 102 Å². The number of carbonyl (C=O) groups excluding carboxylic acids is 1. The summed E-state index contributed by atoms with van der Waals surface area (Å²) in [6.07, 6.45) is 6.13. The third kappa shape index (κ3) is 2.13. The van der Waals surface area contributed by atoms with Gasteiger partial charge in [-0.15, -0.1) is 0 Å². The number of aromatic nitrogens is 1. The topological polar surface area (TPSA) is 30.0 Å². The number of Topliss-reactive ketones (excluding diaryl/α,β-unsaturated/α-hetero) is 1. The van der Waals surface area contributed by atoms with Crippen LogP contribution in [0.25, 0.3) is 0 Å². The van der Waals surface area contributed by atoms with Crippen LogP contribution in [0, 0.1) is 24.7 Å². The van der Waals surface area contributed by atoms with Crippen LogP contribution in [-0.4, -0.2) is 10.8 Å². The van der Waals surface area contributed by atoms with Crippen LogP contribution in [-0.2, 0) is 0 Å². The molecule has 3 atom stereocenters. The van der Waals surface area contributed by atoms with E-state index in [0.717, 1.165) is 24.0 Å². The maximum absolute atomic E-state index is 12.2. The van der Waals surface area contributed by atoms with Crippen LogP contribution < -0.4 is 0 Å². The van der Waals surface area contributed by atoms with Gasteiger partial charge in [-0.3, -0.25) is 9.78 Å². The molecule has 0 N–H and O–H groups in total. The van der Waals surface area contributed by atoms with Gasteiger partial charge in [0.2, 0.25) is 0 Å². The van der Waals surface area contributed by atoms with Gasteiger partial charge in [0, 0.05) is 12.1 Å². The van der Waals surface area contributed by atoms with Crippen molar-refractivity contribution < 1.29 is 4.79 Å². The molecule has 2 aliphatic rings. The molecule has 0 aliphatic heterocycles. The molecule has 17 heavy (non-hydrogen) atoms. The van der Waals surface area contributed by atoms with Crippen molar-refractivity contribution in [3.05, 3.63) is 29.6 Å². The average Bonchev–Trinajstić information content (AvgIpc) is 2.91. The number of nitrogens with zero attached hydrogens (tertiary/aromatic N) is 1. The van der Waals surface area contributed by atoms with E-state index >= 15 is 0 Å². The largest absolute Gasteiger partial charge is 0.292 e. The summed E-state index contributed by atoms with van der Waals surface area (Å²) in [7, 11) is 0. The first-order valence-electron chi connectivity index (χ1n) is 6.69. The number of hydrogen-bond acceptors (Lipinski definition) is 2. The molecule has 2 saturated carbocycles. The number of pyridine rings is 1. The van der Waals surface area contributed by atoms with E-state index in [4.69, 9.17) is 0 Å². The Balaban J connectivity index is 1.68. The van der Waals surface area contributed by atoms with Crippen LogP contribution in [0.5, 0.6) is 0 Å². The predicted octanol–water partition coefficient (Wildman–Crippen LogP) is 3.40. The van der Waals surface area contributed by atoms with Crippen molar-refractivity contribution in [2.45, 2.75) is 39.0 Å². The zero-order chi connectivity index (χ0) is 11.8. The number of rotatable bonds is 3. The monoisotopic (exact) mass is 229 g/mol. The Hall–Kier alpha value is -1.18. The highest BCUT2D eigenvalue weighted by Gasteiger charge is 2.40. The lowest BCUT2D eigenvalue weighted by Crippen LogP contribution is -2.16. The van der Waals surface area contributed by atoms with Crippen LogP contribution in [0.1, 0.15) is 48.3 Å². The van der Waals surface area contributed by atoms with E-state index in [0.29, 0.717) is 11.6 Å². The van der Waals surface area contributed by atoms with Crippen molar-refractivity contribution in [2.75, 3.05) is 0 Å². The summed E-state index contributed by atoms with van der Waals surface area (Å²) in [5.74, 6) is 2.63. The van der Waals surface area contributed by atoms with Gasteiger partial charge in [-0.25, -0.2) is 0 Å². The fraction of sp³-hybridized carbons (Fsp3) is 0.600. The molecule has 1 aromatic heterocycles. The van der Waals surface area contributed by atoms with E-state index in [9.17, 15) is 4.79 Å². The maximum Gasteiger partial charge on any atom is 0.181 e. The summed E-state index contributed by atoms with van der Waals surface area (Å²) >= 11 is 0. The Morgan fingerprint density at radius 1 is 1.35 bits per heavy atom. The third-order valence-corrected chi connectivity index (χ3v) is 4.51. The van der Waals surface area contributed by atoms with Gasteiger partial charge >= 0.3 is 0 Å².